The van der Waals surface area contributed by atoms with E-state index in [0.29, 0.717) is 4.99 Å². The summed E-state index contributed by atoms with van der Waals surface area (Å²) in [7, 11) is 0. The zero-order valence-electron chi connectivity index (χ0n) is 7.78. The van der Waals surface area contributed by atoms with Gasteiger partial charge in [0.15, 0.2) is 0 Å². The fourth-order valence-electron chi connectivity index (χ4n) is 0.995. The van der Waals surface area contributed by atoms with Gasteiger partial charge in [-0.2, -0.15) is 0 Å². The Morgan fingerprint density at radius 3 is 2.69 bits per heavy atom. The van der Waals surface area contributed by atoms with Gasteiger partial charge in [-0.1, -0.05) is 24.4 Å². The number of hydrogen-bond donors (Lipinski definition) is 1. The lowest BCUT2D eigenvalue weighted by Crippen LogP contribution is -2.10. The summed E-state index contributed by atoms with van der Waals surface area (Å²) in [5.74, 6) is 0.806. The van der Waals surface area contributed by atoms with Crippen molar-refractivity contribution in [2.45, 2.75) is 20.0 Å². The molecule has 1 aromatic carbocycles. The first kappa shape index (κ1) is 9.99. The molecule has 0 aliphatic carbocycles. The summed E-state index contributed by atoms with van der Waals surface area (Å²) in [4.78, 5) is 0.397. The first-order chi connectivity index (χ1) is 6.09. The van der Waals surface area contributed by atoms with Gasteiger partial charge in [-0.15, -0.1) is 0 Å². The lowest BCUT2D eigenvalue weighted by molar-refractivity contribution is 0.242. The van der Waals surface area contributed by atoms with Crippen LogP contribution in [0.4, 0.5) is 0 Å². The zero-order valence-corrected chi connectivity index (χ0v) is 8.60. The highest BCUT2D eigenvalue weighted by atomic mass is 32.1. The zero-order chi connectivity index (χ0) is 9.84. The van der Waals surface area contributed by atoms with Gasteiger partial charge in [0.2, 0.25) is 0 Å². The molecular formula is C10H13NOS. The quantitative estimate of drug-likeness (QED) is 0.750. The average molecular weight is 195 g/mol. The Labute approximate surface area is 83.7 Å². The number of ether oxygens (including phenoxy) is 1. The van der Waals surface area contributed by atoms with E-state index in [2.05, 4.69) is 0 Å². The second-order valence-corrected chi connectivity index (χ2v) is 3.50. The van der Waals surface area contributed by atoms with Gasteiger partial charge >= 0.3 is 0 Å². The standard InChI is InChI=1S/C10H13NOS/c1-7(2)12-9-5-3-4-8(6-9)10(11)13/h3-7H,1-2H3,(H2,11,13). The van der Waals surface area contributed by atoms with Crippen molar-refractivity contribution in [1.29, 1.82) is 0 Å². The molecule has 0 aliphatic heterocycles. The molecule has 0 amide bonds. The van der Waals surface area contributed by atoms with Crippen LogP contribution in [0.25, 0.3) is 0 Å². The summed E-state index contributed by atoms with van der Waals surface area (Å²) >= 11 is 4.86. The second-order valence-electron chi connectivity index (χ2n) is 3.06. The Kier molecular flexibility index (Phi) is 3.25. The smallest absolute Gasteiger partial charge is 0.120 e. The topological polar surface area (TPSA) is 35.2 Å². The van der Waals surface area contributed by atoms with Crippen LogP contribution in [0.2, 0.25) is 0 Å². The van der Waals surface area contributed by atoms with E-state index in [9.17, 15) is 0 Å². The fourth-order valence-corrected chi connectivity index (χ4v) is 1.12. The molecule has 70 valence electrons. The molecule has 13 heavy (non-hydrogen) atoms. The second kappa shape index (κ2) is 4.23. The molecule has 1 aromatic rings. The van der Waals surface area contributed by atoms with Gasteiger partial charge in [0, 0.05) is 5.56 Å². The van der Waals surface area contributed by atoms with Crippen molar-refractivity contribution >= 4 is 17.2 Å². The predicted molar refractivity (Wildman–Crippen MR) is 58.1 cm³/mol. The molecule has 0 spiro atoms. The first-order valence-electron chi connectivity index (χ1n) is 4.16. The predicted octanol–water partition coefficient (Wildman–Crippen LogP) is 2.11. The van der Waals surface area contributed by atoms with Gasteiger partial charge < -0.3 is 10.5 Å². The molecule has 0 atom stereocenters. The van der Waals surface area contributed by atoms with Gasteiger partial charge in [-0.05, 0) is 26.0 Å². The summed E-state index contributed by atoms with van der Waals surface area (Å²) in [5.41, 5.74) is 6.33. The van der Waals surface area contributed by atoms with Crippen LogP contribution in [0.1, 0.15) is 19.4 Å². The van der Waals surface area contributed by atoms with E-state index >= 15 is 0 Å². The van der Waals surface area contributed by atoms with Crippen LogP contribution in [-0.4, -0.2) is 11.1 Å². The number of rotatable bonds is 3. The highest BCUT2D eigenvalue weighted by Crippen LogP contribution is 2.14. The summed E-state index contributed by atoms with van der Waals surface area (Å²) in [6.45, 7) is 3.96. The minimum atomic E-state index is 0.168. The first-order valence-corrected chi connectivity index (χ1v) is 4.57. The SMILES string of the molecule is CC(C)Oc1cccc(C(N)=S)c1. The summed E-state index contributed by atoms with van der Waals surface area (Å²) in [6, 6.07) is 7.49. The Bertz CT molecular complexity index is 310. The van der Waals surface area contributed by atoms with E-state index in [4.69, 9.17) is 22.7 Å². The maximum atomic E-state index is 5.49. The third kappa shape index (κ3) is 3.03. The number of nitrogens with two attached hydrogens (primary N) is 1. The van der Waals surface area contributed by atoms with E-state index in [1.165, 1.54) is 0 Å². The van der Waals surface area contributed by atoms with Crippen LogP contribution >= 0.6 is 12.2 Å². The minimum absolute atomic E-state index is 0.168. The largest absolute Gasteiger partial charge is 0.491 e. The van der Waals surface area contributed by atoms with Crippen LogP contribution in [0, 0.1) is 0 Å². The molecule has 0 saturated heterocycles. The van der Waals surface area contributed by atoms with Crippen molar-refractivity contribution in [3.63, 3.8) is 0 Å². The van der Waals surface area contributed by atoms with Crippen LogP contribution in [0.15, 0.2) is 24.3 Å². The Morgan fingerprint density at radius 1 is 1.46 bits per heavy atom. The monoisotopic (exact) mass is 195 g/mol. The molecule has 2 N–H and O–H groups in total. The third-order valence-corrected chi connectivity index (χ3v) is 1.73. The number of hydrogen-bond acceptors (Lipinski definition) is 2. The van der Waals surface area contributed by atoms with Crippen molar-refractivity contribution < 1.29 is 4.74 Å². The van der Waals surface area contributed by atoms with E-state index in [1.807, 2.05) is 38.1 Å². The highest BCUT2D eigenvalue weighted by Gasteiger charge is 2.00. The van der Waals surface area contributed by atoms with Crippen molar-refractivity contribution in [3.8, 4) is 5.75 Å². The lowest BCUT2D eigenvalue weighted by atomic mass is 10.2. The highest BCUT2D eigenvalue weighted by molar-refractivity contribution is 7.80. The number of benzene rings is 1. The fraction of sp³-hybridized carbons (Fsp3) is 0.300. The molecule has 0 bridgehead atoms. The van der Waals surface area contributed by atoms with Crippen molar-refractivity contribution in [3.05, 3.63) is 29.8 Å². The Morgan fingerprint density at radius 2 is 2.15 bits per heavy atom. The van der Waals surface area contributed by atoms with E-state index in [0.717, 1.165) is 11.3 Å². The molecule has 0 radical (unpaired) electrons. The van der Waals surface area contributed by atoms with Gasteiger partial charge in [0.05, 0.1) is 6.10 Å². The molecular weight excluding hydrogens is 182 g/mol. The van der Waals surface area contributed by atoms with Crippen LogP contribution in [0.3, 0.4) is 0 Å². The molecule has 1 rings (SSSR count). The molecule has 0 saturated carbocycles. The molecule has 0 aliphatic rings. The van der Waals surface area contributed by atoms with E-state index in [-0.39, 0.29) is 6.10 Å². The Balaban J connectivity index is 2.85. The molecule has 0 unspecified atom stereocenters. The lowest BCUT2D eigenvalue weighted by Gasteiger charge is -2.10. The summed E-state index contributed by atoms with van der Waals surface area (Å²) < 4.78 is 5.49. The van der Waals surface area contributed by atoms with Gasteiger partial charge in [0.1, 0.15) is 10.7 Å². The Hall–Kier alpha value is -1.09. The van der Waals surface area contributed by atoms with Crippen LogP contribution in [0.5, 0.6) is 5.75 Å². The van der Waals surface area contributed by atoms with E-state index < -0.39 is 0 Å². The van der Waals surface area contributed by atoms with Gasteiger partial charge in [0.25, 0.3) is 0 Å². The molecule has 2 nitrogen and oxygen atoms in total. The summed E-state index contributed by atoms with van der Waals surface area (Å²) in [6.07, 6.45) is 0.168. The number of thiocarbonyl (C=S) groups is 1. The molecule has 3 heteroatoms. The molecule has 0 aromatic heterocycles. The molecule has 0 heterocycles. The maximum Gasteiger partial charge on any atom is 0.120 e. The van der Waals surface area contributed by atoms with Crippen LogP contribution < -0.4 is 10.5 Å². The van der Waals surface area contributed by atoms with E-state index in [1.54, 1.807) is 0 Å². The van der Waals surface area contributed by atoms with Gasteiger partial charge in [-0.25, -0.2) is 0 Å². The average Bonchev–Trinajstić information content (AvgIpc) is 2.03. The summed E-state index contributed by atoms with van der Waals surface area (Å²) in [5, 5.41) is 0. The third-order valence-electron chi connectivity index (χ3n) is 1.49. The maximum absolute atomic E-state index is 5.49. The van der Waals surface area contributed by atoms with Crippen molar-refractivity contribution in [1.82, 2.24) is 0 Å². The minimum Gasteiger partial charge on any atom is -0.491 e. The van der Waals surface area contributed by atoms with Gasteiger partial charge in [-0.3, -0.25) is 0 Å². The van der Waals surface area contributed by atoms with Crippen molar-refractivity contribution in [2.24, 2.45) is 5.73 Å². The van der Waals surface area contributed by atoms with Crippen LogP contribution in [-0.2, 0) is 0 Å². The normalized spacial score (nSPS) is 10.1. The van der Waals surface area contributed by atoms with Crippen molar-refractivity contribution in [2.75, 3.05) is 0 Å². The molecule has 0 fully saturated rings.